The number of carbonyl (C=O) groups is 1. The SMILES string of the molecule is COCC(CNC/C=C(/C)C(=O)OC)OC. The molecule has 0 aromatic heterocycles. The highest BCUT2D eigenvalue weighted by Crippen LogP contribution is 1.94. The average Bonchev–Trinajstić information content (AvgIpc) is 2.31. The highest BCUT2D eigenvalue weighted by atomic mass is 16.5. The van der Waals surface area contributed by atoms with Gasteiger partial charge >= 0.3 is 5.97 Å². The molecule has 5 nitrogen and oxygen atoms in total. The Morgan fingerprint density at radius 2 is 2.06 bits per heavy atom. The molecule has 16 heavy (non-hydrogen) atoms. The highest BCUT2D eigenvalue weighted by Gasteiger charge is 2.05. The fraction of sp³-hybridized carbons (Fsp3) is 0.727. The zero-order valence-electron chi connectivity index (χ0n) is 10.4. The maximum absolute atomic E-state index is 11.0. The third-order valence-corrected chi connectivity index (χ3v) is 2.12. The van der Waals surface area contributed by atoms with Crippen molar-refractivity contribution in [1.82, 2.24) is 5.32 Å². The maximum Gasteiger partial charge on any atom is 0.333 e. The van der Waals surface area contributed by atoms with Gasteiger partial charge in [-0.3, -0.25) is 0 Å². The summed E-state index contributed by atoms with van der Waals surface area (Å²) in [5, 5.41) is 3.14. The van der Waals surface area contributed by atoms with Crippen molar-refractivity contribution < 1.29 is 19.0 Å². The van der Waals surface area contributed by atoms with Gasteiger partial charge in [-0.15, -0.1) is 0 Å². The van der Waals surface area contributed by atoms with Crippen LogP contribution in [0.15, 0.2) is 11.6 Å². The molecule has 5 heteroatoms. The predicted molar refractivity (Wildman–Crippen MR) is 61.3 cm³/mol. The van der Waals surface area contributed by atoms with Gasteiger partial charge in [0.2, 0.25) is 0 Å². The number of hydrogen-bond acceptors (Lipinski definition) is 5. The Labute approximate surface area is 96.8 Å². The number of rotatable bonds is 8. The van der Waals surface area contributed by atoms with E-state index in [-0.39, 0.29) is 12.1 Å². The summed E-state index contributed by atoms with van der Waals surface area (Å²) < 4.78 is 14.7. The fourth-order valence-electron chi connectivity index (χ4n) is 1.11. The van der Waals surface area contributed by atoms with Crippen LogP contribution in [0.2, 0.25) is 0 Å². The average molecular weight is 231 g/mol. The molecule has 0 saturated heterocycles. The van der Waals surface area contributed by atoms with Gasteiger partial charge in [-0.05, 0) is 6.92 Å². The largest absolute Gasteiger partial charge is 0.466 e. The van der Waals surface area contributed by atoms with E-state index in [1.54, 1.807) is 27.2 Å². The smallest absolute Gasteiger partial charge is 0.333 e. The lowest BCUT2D eigenvalue weighted by molar-refractivity contribution is -0.136. The number of esters is 1. The normalized spacial score (nSPS) is 13.6. The molecule has 1 atom stereocenters. The topological polar surface area (TPSA) is 56.8 Å². The van der Waals surface area contributed by atoms with Crippen molar-refractivity contribution in [3.05, 3.63) is 11.6 Å². The minimum Gasteiger partial charge on any atom is -0.466 e. The van der Waals surface area contributed by atoms with Crippen LogP contribution in [0.4, 0.5) is 0 Å². The van der Waals surface area contributed by atoms with E-state index in [0.717, 1.165) is 0 Å². The summed E-state index contributed by atoms with van der Waals surface area (Å²) in [6, 6.07) is 0. The molecule has 1 N–H and O–H groups in total. The first kappa shape index (κ1) is 15.1. The fourth-order valence-corrected chi connectivity index (χ4v) is 1.11. The molecule has 0 bridgehead atoms. The van der Waals surface area contributed by atoms with Gasteiger partial charge in [-0.25, -0.2) is 4.79 Å². The second-order valence-corrected chi connectivity index (χ2v) is 3.35. The standard InChI is InChI=1S/C11H21NO4/c1-9(11(13)16-4)5-6-12-7-10(15-3)8-14-2/h5,10,12H,6-8H2,1-4H3/b9-5-. The molecular formula is C11H21NO4. The van der Waals surface area contributed by atoms with Crippen LogP contribution in [0.5, 0.6) is 0 Å². The highest BCUT2D eigenvalue weighted by molar-refractivity contribution is 5.87. The van der Waals surface area contributed by atoms with Gasteiger partial charge in [-0.1, -0.05) is 6.08 Å². The molecule has 94 valence electrons. The van der Waals surface area contributed by atoms with Gasteiger partial charge in [0.05, 0.1) is 19.8 Å². The molecular weight excluding hydrogens is 210 g/mol. The first-order valence-electron chi connectivity index (χ1n) is 5.13. The molecule has 0 aliphatic carbocycles. The van der Waals surface area contributed by atoms with E-state index >= 15 is 0 Å². The van der Waals surface area contributed by atoms with Gasteiger partial charge < -0.3 is 19.5 Å². The molecule has 0 rings (SSSR count). The summed E-state index contributed by atoms with van der Waals surface area (Å²) in [7, 11) is 4.64. The van der Waals surface area contributed by atoms with Crippen molar-refractivity contribution in [2.45, 2.75) is 13.0 Å². The van der Waals surface area contributed by atoms with Gasteiger partial charge in [0, 0.05) is 32.9 Å². The Morgan fingerprint density at radius 3 is 2.56 bits per heavy atom. The molecule has 0 aliphatic rings. The molecule has 0 spiro atoms. The summed E-state index contributed by atoms with van der Waals surface area (Å²) in [4.78, 5) is 11.0. The third kappa shape index (κ3) is 6.55. The first-order chi connectivity index (χ1) is 7.65. The minimum atomic E-state index is -0.304. The number of hydrogen-bond donors (Lipinski definition) is 1. The lowest BCUT2D eigenvalue weighted by atomic mass is 10.3. The Morgan fingerprint density at radius 1 is 1.38 bits per heavy atom. The molecule has 1 unspecified atom stereocenters. The molecule has 0 aliphatic heterocycles. The predicted octanol–water partition coefficient (Wildman–Crippen LogP) is 0.357. The van der Waals surface area contributed by atoms with E-state index in [2.05, 4.69) is 10.1 Å². The zero-order chi connectivity index (χ0) is 12.4. The van der Waals surface area contributed by atoms with E-state index in [1.165, 1.54) is 7.11 Å². The van der Waals surface area contributed by atoms with E-state index in [0.29, 0.717) is 25.3 Å². The number of methoxy groups -OCH3 is 3. The van der Waals surface area contributed by atoms with Crippen molar-refractivity contribution in [2.75, 3.05) is 41.0 Å². The summed E-state index contributed by atoms with van der Waals surface area (Å²) in [5.74, 6) is -0.304. The van der Waals surface area contributed by atoms with E-state index in [1.807, 2.05) is 0 Å². The summed E-state index contributed by atoms with van der Waals surface area (Å²) in [6.45, 7) is 3.54. The van der Waals surface area contributed by atoms with Crippen molar-refractivity contribution in [3.63, 3.8) is 0 Å². The van der Waals surface area contributed by atoms with Gasteiger partial charge in [0.1, 0.15) is 0 Å². The molecule has 0 radical (unpaired) electrons. The van der Waals surface area contributed by atoms with Crippen molar-refractivity contribution >= 4 is 5.97 Å². The van der Waals surface area contributed by atoms with Gasteiger partial charge in [0.15, 0.2) is 0 Å². The van der Waals surface area contributed by atoms with Crippen molar-refractivity contribution in [3.8, 4) is 0 Å². The second-order valence-electron chi connectivity index (χ2n) is 3.35. The Bertz CT molecular complexity index is 228. The van der Waals surface area contributed by atoms with Crippen LogP contribution in [-0.2, 0) is 19.0 Å². The van der Waals surface area contributed by atoms with Crippen LogP contribution in [0.25, 0.3) is 0 Å². The van der Waals surface area contributed by atoms with E-state index in [9.17, 15) is 4.79 Å². The molecule has 0 amide bonds. The number of ether oxygens (including phenoxy) is 3. The molecule has 0 aromatic rings. The lowest BCUT2D eigenvalue weighted by Crippen LogP contribution is -2.32. The molecule has 0 fully saturated rings. The Balaban J connectivity index is 3.76. The second kappa shape index (κ2) is 9.33. The van der Waals surface area contributed by atoms with Crippen LogP contribution in [0, 0.1) is 0 Å². The summed E-state index contributed by atoms with van der Waals surface area (Å²) in [5.41, 5.74) is 0.593. The Kier molecular flexibility index (Phi) is 8.80. The maximum atomic E-state index is 11.0. The Hall–Kier alpha value is -0.910. The molecule has 0 aromatic carbocycles. The van der Waals surface area contributed by atoms with Crippen LogP contribution < -0.4 is 5.32 Å². The quantitative estimate of drug-likeness (QED) is 0.371. The lowest BCUT2D eigenvalue weighted by Gasteiger charge is -2.14. The molecule has 0 heterocycles. The third-order valence-electron chi connectivity index (χ3n) is 2.12. The van der Waals surface area contributed by atoms with E-state index in [4.69, 9.17) is 9.47 Å². The van der Waals surface area contributed by atoms with Crippen LogP contribution in [0.3, 0.4) is 0 Å². The van der Waals surface area contributed by atoms with Gasteiger partial charge in [0.25, 0.3) is 0 Å². The number of nitrogens with one attached hydrogen (secondary N) is 1. The summed E-state index contributed by atoms with van der Waals surface area (Å²) in [6.07, 6.45) is 1.81. The monoisotopic (exact) mass is 231 g/mol. The van der Waals surface area contributed by atoms with E-state index < -0.39 is 0 Å². The van der Waals surface area contributed by atoms with Crippen LogP contribution in [0.1, 0.15) is 6.92 Å². The first-order valence-corrected chi connectivity index (χ1v) is 5.13. The zero-order valence-corrected chi connectivity index (χ0v) is 10.4. The van der Waals surface area contributed by atoms with Crippen LogP contribution >= 0.6 is 0 Å². The van der Waals surface area contributed by atoms with Crippen molar-refractivity contribution in [2.24, 2.45) is 0 Å². The molecule has 0 saturated carbocycles. The van der Waals surface area contributed by atoms with Crippen LogP contribution in [-0.4, -0.2) is 53.1 Å². The van der Waals surface area contributed by atoms with Crippen molar-refractivity contribution in [1.29, 1.82) is 0 Å². The van der Waals surface area contributed by atoms with Gasteiger partial charge in [-0.2, -0.15) is 0 Å². The minimum absolute atomic E-state index is 0.0248. The number of carbonyl (C=O) groups excluding carboxylic acids is 1. The summed E-state index contributed by atoms with van der Waals surface area (Å²) >= 11 is 0.